The minimum absolute atomic E-state index is 0.261. The van der Waals surface area contributed by atoms with Gasteiger partial charge in [0.25, 0.3) is 0 Å². The number of benzene rings is 1. The molecule has 0 saturated heterocycles. The number of hydrogen-bond donors (Lipinski definition) is 3. The van der Waals surface area contributed by atoms with Crippen LogP contribution in [0.1, 0.15) is 12.5 Å². The van der Waals surface area contributed by atoms with Crippen molar-refractivity contribution in [2.45, 2.75) is 13.5 Å². The molecular weight excluding hydrogens is 240 g/mol. The lowest BCUT2D eigenvalue weighted by Crippen LogP contribution is -2.34. The Bertz CT molecular complexity index is 447. The summed E-state index contributed by atoms with van der Waals surface area (Å²) in [6.45, 7) is 1.77. The van der Waals surface area contributed by atoms with Crippen molar-refractivity contribution in [2.24, 2.45) is 0 Å². The van der Waals surface area contributed by atoms with E-state index in [9.17, 15) is 9.59 Å². The minimum atomic E-state index is -1.55. The monoisotopic (exact) mass is 254 g/mol. The Morgan fingerprint density at radius 3 is 2.44 bits per heavy atom. The third kappa shape index (κ3) is 3.03. The minimum Gasteiger partial charge on any atom is -0.491 e. The summed E-state index contributed by atoms with van der Waals surface area (Å²) < 4.78 is 5.29. The molecule has 4 N–H and O–H groups in total. The lowest BCUT2D eigenvalue weighted by Gasteiger charge is -2.17. The standard InChI is InChI=1S/C11H14N2O5/c1-2-18-9-7(4-3-5-8(9)12)6-13(10(14)15)11(16)17/h3-5H,2,6,12H2,1H3,(H,14,15)(H,16,17). The fraction of sp³-hybridized carbons (Fsp3) is 0.273. The first kappa shape index (κ1) is 13.6. The summed E-state index contributed by atoms with van der Waals surface area (Å²) in [5, 5.41) is 17.5. The molecule has 0 fully saturated rings. The topological polar surface area (TPSA) is 113 Å². The van der Waals surface area contributed by atoms with Crippen molar-refractivity contribution in [3.8, 4) is 5.75 Å². The van der Waals surface area contributed by atoms with Crippen molar-refractivity contribution in [3.63, 3.8) is 0 Å². The van der Waals surface area contributed by atoms with Crippen LogP contribution in [0.3, 0.4) is 0 Å². The molecular formula is C11H14N2O5. The molecule has 7 nitrogen and oxygen atoms in total. The van der Waals surface area contributed by atoms with Gasteiger partial charge in [-0.2, -0.15) is 0 Å². The van der Waals surface area contributed by atoms with Gasteiger partial charge in [-0.25, -0.2) is 14.5 Å². The molecule has 0 aromatic heterocycles. The van der Waals surface area contributed by atoms with Gasteiger partial charge < -0.3 is 20.7 Å². The summed E-state index contributed by atoms with van der Waals surface area (Å²) in [6.07, 6.45) is -3.10. The van der Waals surface area contributed by atoms with Gasteiger partial charge in [0.05, 0.1) is 18.8 Å². The van der Waals surface area contributed by atoms with Crippen LogP contribution in [0.2, 0.25) is 0 Å². The van der Waals surface area contributed by atoms with Crippen LogP contribution in [-0.4, -0.2) is 33.9 Å². The van der Waals surface area contributed by atoms with E-state index in [0.29, 0.717) is 23.6 Å². The number of carbonyl (C=O) groups is 2. The highest BCUT2D eigenvalue weighted by atomic mass is 16.5. The van der Waals surface area contributed by atoms with Crippen LogP contribution in [0.15, 0.2) is 18.2 Å². The van der Waals surface area contributed by atoms with Gasteiger partial charge in [0.15, 0.2) is 0 Å². The highest BCUT2D eigenvalue weighted by molar-refractivity contribution is 5.85. The third-order valence-electron chi connectivity index (χ3n) is 2.21. The second kappa shape index (κ2) is 5.76. The van der Waals surface area contributed by atoms with E-state index in [0.717, 1.165) is 0 Å². The van der Waals surface area contributed by atoms with E-state index in [1.807, 2.05) is 0 Å². The lowest BCUT2D eigenvalue weighted by molar-refractivity contribution is 0.120. The van der Waals surface area contributed by atoms with Gasteiger partial charge in [-0.15, -0.1) is 0 Å². The molecule has 1 aromatic rings. The highest BCUT2D eigenvalue weighted by Gasteiger charge is 2.22. The zero-order chi connectivity index (χ0) is 13.7. The molecule has 0 aliphatic rings. The molecule has 18 heavy (non-hydrogen) atoms. The van der Waals surface area contributed by atoms with Gasteiger partial charge in [-0.1, -0.05) is 12.1 Å². The number of hydrogen-bond acceptors (Lipinski definition) is 4. The first-order chi connectivity index (χ1) is 8.47. The van der Waals surface area contributed by atoms with Crippen LogP contribution in [0.4, 0.5) is 15.3 Å². The predicted octanol–water partition coefficient (Wildman–Crippen LogP) is 1.83. The van der Waals surface area contributed by atoms with Crippen molar-refractivity contribution in [1.29, 1.82) is 0 Å². The molecule has 1 aromatic carbocycles. The number of para-hydroxylation sites is 1. The average Bonchev–Trinajstić information content (AvgIpc) is 2.29. The molecule has 98 valence electrons. The Hall–Kier alpha value is -2.44. The second-order valence-electron chi connectivity index (χ2n) is 3.42. The number of amides is 2. The number of rotatable bonds is 4. The first-order valence-corrected chi connectivity index (χ1v) is 5.21. The van der Waals surface area contributed by atoms with Crippen LogP contribution in [-0.2, 0) is 6.54 Å². The number of carboxylic acid groups (broad SMARTS) is 2. The normalized spacial score (nSPS) is 9.83. The second-order valence-corrected chi connectivity index (χ2v) is 3.42. The molecule has 2 amide bonds. The Kier molecular flexibility index (Phi) is 4.36. The summed E-state index contributed by atoms with van der Waals surface area (Å²) >= 11 is 0. The smallest absolute Gasteiger partial charge is 0.417 e. The van der Waals surface area contributed by atoms with Gasteiger partial charge in [0.2, 0.25) is 0 Å². The Balaban J connectivity index is 3.05. The summed E-state index contributed by atoms with van der Waals surface area (Å²) in [4.78, 5) is 21.8. The molecule has 0 spiro atoms. The van der Waals surface area contributed by atoms with E-state index in [2.05, 4.69) is 0 Å². The van der Waals surface area contributed by atoms with Crippen LogP contribution in [0, 0.1) is 0 Å². The predicted molar refractivity (Wildman–Crippen MR) is 63.6 cm³/mol. The third-order valence-corrected chi connectivity index (χ3v) is 2.21. The molecule has 0 bridgehead atoms. The Morgan fingerprint density at radius 1 is 1.33 bits per heavy atom. The maximum Gasteiger partial charge on any atom is 0.417 e. The van der Waals surface area contributed by atoms with Crippen LogP contribution in [0.25, 0.3) is 0 Å². The SMILES string of the molecule is CCOc1c(N)cccc1CN(C(=O)O)C(=O)O. The van der Waals surface area contributed by atoms with Crippen LogP contribution in [0.5, 0.6) is 5.75 Å². The highest BCUT2D eigenvalue weighted by Crippen LogP contribution is 2.27. The number of imide groups is 1. The van der Waals surface area contributed by atoms with E-state index in [1.54, 1.807) is 25.1 Å². The molecule has 0 aliphatic heterocycles. The van der Waals surface area contributed by atoms with E-state index in [-0.39, 0.29) is 11.4 Å². The fourth-order valence-electron chi connectivity index (χ4n) is 1.44. The van der Waals surface area contributed by atoms with E-state index >= 15 is 0 Å². The van der Waals surface area contributed by atoms with Crippen molar-refractivity contribution < 1.29 is 24.5 Å². The maximum absolute atomic E-state index is 10.8. The lowest BCUT2D eigenvalue weighted by atomic mass is 10.1. The quantitative estimate of drug-likeness (QED) is 0.706. The molecule has 0 aliphatic carbocycles. The van der Waals surface area contributed by atoms with Gasteiger partial charge in [-0.05, 0) is 13.0 Å². The fourth-order valence-corrected chi connectivity index (χ4v) is 1.44. The molecule has 0 radical (unpaired) electrons. The number of anilines is 1. The molecule has 0 unspecified atom stereocenters. The van der Waals surface area contributed by atoms with Crippen molar-refractivity contribution in [1.82, 2.24) is 4.90 Å². The van der Waals surface area contributed by atoms with Gasteiger partial charge >= 0.3 is 12.2 Å². The van der Waals surface area contributed by atoms with Gasteiger partial charge in [-0.3, -0.25) is 0 Å². The van der Waals surface area contributed by atoms with Crippen LogP contribution < -0.4 is 10.5 Å². The summed E-state index contributed by atoms with van der Waals surface area (Å²) in [5.41, 5.74) is 6.44. The molecule has 0 heterocycles. The largest absolute Gasteiger partial charge is 0.491 e. The van der Waals surface area contributed by atoms with E-state index < -0.39 is 12.2 Å². The van der Waals surface area contributed by atoms with Gasteiger partial charge in [0, 0.05) is 5.56 Å². The van der Waals surface area contributed by atoms with Crippen LogP contribution >= 0.6 is 0 Å². The Morgan fingerprint density at radius 2 is 1.94 bits per heavy atom. The number of nitrogens with two attached hydrogens (primary N) is 1. The summed E-state index contributed by atoms with van der Waals surface area (Å²) in [7, 11) is 0. The Labute approximate surface area is 103 Å². The molecule has 1 rings (SSSR count). The number of nitrogens with zero attached hydrogens (tertiary/aromatic N) is 1. The zero-order valence-electron chi connectivity index (χ0n) is 9.79. The molecule has 0 saturated carbocycles. The maximum atomic E-state index is 10.8. The summed E-state index contributed by atoms with van der Waals surface area (Å²) in [6, 6.07) is 4.77. The van der Waals surface area contributed by atoms with Gasteiger partial charge in [0.1, 0.15) is 5.75 Å². The van der Waals surface area contributed by atoms with E-state index in [1.165, 1.54) is 0 Å². The van der Waals surface area contributed by atoms with Crippen molar-refractivity contribution in [3.05, 3.63) is 23.8 Å². The first-order valence-electron chi connectivity index (χ1n) is 5.21. The van der Waals surface area contributed by atoms with Crippen molar-refractivity contribution in [2.75, 3.05) is 12.3 Å². The molecule has 0 atom stereocenters. The number of nitrogen functional groups attached to an aromatic ring is 1. The molecule has 7 heteroatoms. The number of ether oxygens (including phenoxy) is 1. The zero-order valence-corrected chi connectivity index (χ0v) is 9.79. The van der Waals surface area contributed by atoms with E-state index in [4.69, 9.17) is 20.7 Å². The average molecular weight is 254 g/mol. The van der Waals surface area contributed by atoms with Crippen molar-refractivity contribution >= 4 is 17.9 Å². The summed E-state index contributed by atoms with van der Waals surface area (Å²) in [5.74, 6) is 0.312.